The Hall–Kier alpha value is -0.450. The summed E-state index contributed by atoms with van der Waals surface area (Å²) < 4.78 is 0.997. The molecule has 2 N–H and O–H groups in total. The molecule has 1 heterocycles. The van der Waals surface area contributed by atoms with Crippen LogP contribution < -0.4 is 5.32 Å². The average Bonchev–Trinajstić information content (AvgIpc) is 2.24. The highest BCUT2D eigenvalue weighted by Gasteiger charge is 2.04. The molecule has 84 valence electrons. The highest BCUT2D eigenvalue weighted by Crippen LogP contribution is 2.09. The lowest BCUT2D eigenvalue weighted by molar-refractivity contribution is 0.262. The van der Waals surface area contributed by atoms with Gasteiger partial charge in [-0.05, 0) is 40.4 Å². The van der Waals surface area contributed by atoms with Crippen LogP contribution >= 0.6 is 15.9 Å². The van der Waals surface area contributed by atoms with Crippen LogP contribution in [0.15, 0.2) is 22.9 Å². The Morgan fingerprint density at radius 3 is 2.93 bits per heavy atom. The summed E-state index contributed by atoms with van der Waals surface area (Å²) in [6.45, 7) is 3.15. The van der Waals surface area contributed by atoms with Crippen LogP contribution in [0.5, 0.6) is 0 Å². The second-order valence-electron chi connectivity index (χ2n) is 3.51. The molecule has 0 spiro atoms. The van der Waals surface area contributed by atoms with E-state index >= 15 is 0 Å². The van der Waals surface area contributed by atoms with Gasteiger partial charge in [0.25, 0.3) is 0 Å². The van der Waals surface area contributed by atoms with Crippen LogP contribution in [-0.4, -0.2) is 22.7 Å². The van der Waals surface area contributed by atoms with Crippen LogP contribution in [-0.2, 0) is 6.54 Å². The van der Waals surface area contributed by atoms with Crippen molar-refractivity contribution < 1.29 is 5.11 Å². The lowest BCUT2D eigenvalue weighted by atomic mass is 10.1. The topological polar surface area (TPSA) is 45.1 Å². The quantitative estimate of drug-likeness (QED) is 0.834. The summed E-state index contributed by atoms with van der Waals surface area (Å²) in [5.74, 6) is 0. The number of rotatable bonds is 6. The van der Waals surface area contributed by atoms with Gasteiger partial charge >= 0.3 is 0 Å². The van der Waals surface area contributed by atoms with Crippen LogP contribution in [0.4, 0.5) is 0 Å². The van der Waals surface area contributed by atoms with Gasteiger partial charge in [0.1, 0.15) is 0 Å². The van der Waals surface area contributed by atoms with Crippen molar-refractivity contribution in [2.75, 3.05) is 6.61 Å². The van der Waals surface area contributed by atoms with Gasteiger partial charge in [-0.15, -0.1) is 0 Å². The zero-order valence-electron chi connectivity index (χ0n) is 8.91. The molecule has 1 unspecified atom stereocenters. The summed E-state index contributed by atoms with van der Waals surface area (Å²) in [6.07, 6.45) is 5.46. The molecule has 0 bridgehead atoms. The van der Waals surface area contributed by atoms with E-state index in [2.05, 4.69) is 33.2 Å². The van der Waals surface area contributed by atoms with Crippen molar-refractivity contribution in [1.29, 1.82) is 0 Å². The Morgan fingerprint density at radius 1 is 1.53 bits per heavy atom. The van der Waals surface area contributed by atoms with Crippen LogP contribution in [0.3, 0.4) is 0 Å². The summed E-state index contributed by atoms with van der Waals surface area (Å²) in [6, 6.07) is 2.43. The second-order valence-corrected chi connectivity index (χ2v) is 4.43. The molecular formula is C11H17BrN2O. The SMILES string of the molecule is CCC(CCO)NCc1cncc(Br)c1. The molecular weight excluding hydrogens is 256 g/mol. The first-order valence-electron chi connectivity index (χ1n) is 5.20. The van der Waals surface area contributed by atoms with Gasteiger partial charge in [0.15, 0.2) is 0 Å². The molecule has 0 amide bonds. The number of nitrogens with one attached hydrogen (secondary N) is 1. The first-order chi connectivity index (χ1) is 7.26. The van der Waals surface area contributed by atoms with Gasteiger partial charge in [-0.1, -0.05) is 6.92 Å². The van der Waals surface area contributed by atoms with E-state index in [-0.39, 0.29) is 6.61 Å². The molecule has 1 aromatic heterocycles. The van der Waals surface area contributed by atoms with E-state index in [9.17, 15) is 0 Å². The van der Waals surface area contributed by atoms with Crippen LogP contribution in [0.25, 0.3) is 0 Å². The molecule has 0 aliphatic heterocycles. The van der Waals surface area contributed by atoms with E-state index in [0.29, 0.717) is 6.04 Å². The van der Waals surface area contributed by atoms with Crippen molar-refractivity contribution in [3.8, 4) is 0 Å². The first-order valence-corrected chi connectivity index (χ1v) is 5.99. The van der Waals surface area contributed by atoms with Crippen molar-refractivity contribution in [2.24, 2.45) is 0 Å². The monoisotopic (exact) mass is 272 g/mol. The van der Waals surface area contributed by atoms with Crippen molar-refractivity contribution in [3.63, 3.8) is 0 Å². The van der Waals surface area contributed by atoms with E-state index in [1.54, 1.807) is 6.20 Å². The zero-order valence-corrected chi connectivity index (χ0v) is 10.5. The Morgan fingerprint density at radius 2 is 2.33 bits per heavy atom. The number of aliphatic hydroxyl groups is 1. The van der Waals surface area contributed by atoms with Gasteiger partial charge in [0, 0.05) is 36.1 Å². The third-order valence-electron chi connectivity index (χ3n) is 2.33. The third-order valence-corrected chi connectivity index (χ3v) is 2.76. The molecule has 0 aromatic carbocycles. The van der Waals surface area contributed by atoms with Gasteiger partial charge < -0.3 is 10.4 Å². The lowest BCUT2D eigenvalue weighted by Gasteiger charge is -2.15. The fourth-order valence-corrected chi connectivity index (χ4v) is 1.83. The maximum atomic E-state index is 8.85. The number of pyridine rings is 1. The fraction of sp³-hybridized carbons (Fsp3) is 0.545. The molecule has 4 heteroatoms. The summed E-state index contributed by atoms with van der Waals surface area (Å²) in [4.78, 5) is 4.10. The average molecular weight is 273 g/mol. The largest absolute Gasteiger partial charge is 0.396 e. The Bertz CT molecular complexity index is 294. The van der Waals surface area contributed by atoms with Crippen LogP contribution in [0.2, 0.25) is 0 Å². The first kappa shape index (κ1) is 12.6. The second kappa shape index (κ2) is 6.93. The fourth-order valence-electron chi connectivity index (χ4n) is 1.42. The third kappa shape index (κ3) is 4.73. The number of nitrogens with zero attached hydrogens (tertiary/aromatic N) is 1. The highest BCUT2D eigenvalue weighted by molar-refractivity contribution is 9.10. The molecule has 1 atom stereocenters. The van der Waals surface area contributed by atoms with E-state index in [4.69, 9.17) is 5.11 Å². The van der Waals surface area contributed by atoms with Gasteiger partial charge in [-0.3, -0.25) is 4.98 Å². The Balaban J connectivity index is 2.41. The van der Waals surface area contributed by atoms with Crippen molar-refractivity contribution in [3.05, 3.63) is 28.5 Å². The van der Waals surface area contributed by atoms with E-state index in [0.717, 1.165) is 29.4 Å². The lowest BCUT2D eigenvalue weighted by Crippen LogP contribution is -2.28. The highest BCUT2D eigenvalue weighted by atomic mass is 79.9. The van der Waals surface area contributed by atoms with Crippen LogP contribution in [0, 0.1) is 0 Å². The molecule has 3 nitrogen and oxygen atoms in total. The van der Waals surface area contributed by atoms with Gasteiger partial charge in [0.2, 0.25) is 0 Å². The maximum absolute atomic E-state index is 8.85. The maximum Gasteiger partial charge on any atom is 0.0445 e. The Kier molecular flexibility index (Phi) is 5.83. The standard InChI is InChI=1S/C11H17BrN2O/c1-2-11(3-4-15)14-7-9-5-10(12)8-13-6-9/h5-6,8,11,14-15H,2-4,7H2,1H3. The van der Waals surface area contributed by atoms with E-state index in [1.165, 1.54) is 0 Å². The van der Waals surface area contributed by atoms with Crippen molar-refractivity contribution in [1.82, 2.24) is 10.3 Å². The summed E-state index contributed by atoms with van der Waals surface area (Å²) in [5, 5.41) is 12.2. The predicted octanol–water partition coefficient (Wildman–Crippen LogP) is 2.09. The minimum Gasteiger partial charge on any atom is -0.396 e. The summed E-state index contributed by atoms with van der Waals surface area (Å²) in [7, 11) is 0. The van der Waals surface area contributed by atoms with Crippen molar-refractivity contribution in [2.45, 2.75) is 32.4 Å². The number of halogens is 1. The smallest absolute Gasteiger partial charge is 0.0445 e. The zero-order chi connectivity index (χ0) is 11.1. The number of hydrogen-bond acceptors (Lipinski definition) is 3. The number of aliphatic hydroxyl groups excluding tert-OH is 1. The minimum atomic E-state index is 0.238. The normalized spacial score (nSPS) is 12.7. The van der Waals surface area contributed by atoms with Crippen LogP contribution in [0.1, 0.15) is 25.3 Å². The number of hydrogen-bond donors (Lipinski definition) is 2. The summed E-state index contributed by atoms with van der Waals surface area (Å²) >= 11 is 3.39. The molecule has 1 rings (SSSR count). The molecule has 0 saturated carbocycles. The van der Waals surface area contributed by atoms with E-state index < -0.39 is 0 Å². The predicted molar refractivity (Wildman–Crippen MR) is 64.6 cm³/mol. The number of aromatic nitrogens is 1. The summed E-state index contributed by atoms with van der Waals surface area (Å²) in [5.41, 5.74) is 1.15. The van der Waals surface area contributed by atoms with Gasteiger partial charge in [-0.25, -0.2) is 0 Å². The van der Waals surface area contributed by atoms with Gasteiger partial charge in [-0.2, -0.15) is 0 Å². The molecule has 0 saturated heterocycles. The molecule has 1 aromatic rings. The van der Waals surface area contributed by atoms with Gasteiger partial charge in [0.05, 0.1) is 0 Å². The molecule has 0 radical (unpaired) electrons. The molecule has 0 aliphatic rings. The molecule has 0 fully saturated rings. The van der Waals surface area contributed by atoms with E-state index in [1.807, 2.05) is 12.3 Å². The molecule has 0 aliphatic carbocycles. The minimum absolute atomic E-state index is 0.238. The Labute approximate surface area is 99.1 Å². The van der Waals surface area contributed by atoms with Crippen molar-refractivity contribution >= 4 is 15.9 Å². The molecule has 15 heavy (non-hydrogen) atoms.